The zero-order chi connectivity index (χ0) is 16.6. The number of aliphatic carboxylic acids is 1. The lowest BCUT2D eigenvalue weighted by atomic mass is 9.90. The first-order valence-electron chi connectivity index (χ1n) is 7.83. The fourth-order valence-corrected chi connectivity index (χ4v) is 2.53. The monoisotopic (exact) mass is 312 g/mol. The SMILES string of the molecule is C/C=C(C)/C=C/CCCC1(OC)CC(C)C(CC(=O)O)OO1. The first kappa shape index (κ1) is 18.9. The van der Waals surface area contributed by atoms with Gasteiger partial charge in [-0.2, -0.15) is 0 Å². The molecule has 0 amide bonds. The molecule has 0 saturated carbocycles. The Bertz CT molecular complexity index is 415. The van der Waals surface area contributed by atoms with Gasteiger partial charge in [0.15, 0.2) is 0 Å². The van der Waals surface area contributed by atoms with Gasteiger partial charge >= 0.3 is 5.97 Å². The van der Waals surface area contributed by atoms with E-state index in [1.807, 2.05) is 13.8 Å². The minimum atomic E-state index is -0.880. The van der Waals surface area contributed by atoms with E-state index in [1.54, 1.807) is 7.11 Å². The lowest BCUT2D eigenvalue weighted by Gasteiger charge is -2.40. The molecule has 1 rings (SSSR count). The van der Waals surface area contributed by atoms with Crippen LogP contribution in [0.1, 0.15) is 52.9 Å². The van der Waals surface area contributed by atoms with E-state index in [-0.39, 0.29) is 12.3 Å². The molecule has 1 N–H and O–H groups in total. The first-order valence-corrected chi connectivity index (χ1v) is 7.83. The number of carboxylic acids is 1. The van der Waals surface area contributed by atoms with Crippen LogP contribution < -0.4 is 0 Å². The van der Waals surface area contributed by atoms with Crippen LogP contribution in [0.25, 0.3) is 0 Å². The average Bonchev–Trinajstić information content (AvgIpc) is 2.49. The zero-order valence-electron chi connectivity index (χ0n) is 14.0. The quantitative estimate of drug-likeness (QED) is 0.419. The van der Waals surface area contributed by atoms with Crippen molar-refractivity contribution < 1.29 is 24.4 Å². The maximum atomic E-state index is 10.8. The van der Waals surface area contributed by atoms with Crippen molar-refractivity contribution >= 4 is 5.97 Å². The third-order valence-electron chi connectivity index (χ3n) is 4.10. The third kappa shape index (κ3) is 5.91. The van der Waals surface area contributed by atoms with Crippen LogP contribution in [-0.4, -0.2) is 30.1 Å². The first-order chi connectivity index (χ1) is 10.4. The second kappa shape index (κ2) is 9.08. The lowest BCUT2D eigenvalue weighted by Crippen LogP contribution is -2.46. The smallest absolute Gasteiger partial charge is 0.306 e. The molecule has 3 atom stereocenters. The maximum Gasteiger partial charge on any atom is 0.306 e. The molecule has 0 aromatic rings. The fourth-order valence-electron chi connectivity index (χ4n) is 2.53. The largest absolute Gasteiger partial charge is 0.481 e. The maximum absolute atomic E-state index is 10.8. The van der Waals surface area contributed by atoms with Gasteiger partial charge in [0, 0.05) is 20.0 Å². The van der Waals surface area contributed by atoms with Gasteiger partial charge in [0.2, 0.25) is 5.79 Å². The highest BCUT2D eigenvalue weighted by molar-refractivity contribution is 5.67. The van der Waals surface area contributed by atoms with Gasteiger partial charge in [-0.3, -0.25) is 4.79 Å². The molecule has 0 aromatic carbocycles. The minimum Gasteiger partial charge on any atom is -0.481 e. The third-order valence-corrected chi connectivity index (χ3v) is 4.10. The van der Waals surface area contributed by atoms with E-state index in [1.165, 1.54) is 5.57 Å². The molecule has 0 aromatic heterocycles. The fraction of sp³-hybridized carbons (Fsp3) is 0.706. The molecule has 126 valence electrons. The van der Waals surface area contributed by atoms with E-state index < -0.39 is 17.9 Å². The molecule has 0 bridgehead atoms. The number of ether oxygens (including phenoxy) is 1. The van der Waals surface area contributed by atoms with Crippen molar-refractivity contribution in [1.29, 1.82) is 0 Å². The van der Waals surface area contributed by atoms with Crippen LogP contribution in [0.4, 0.5) is 0 Å². The van der Waals surface area contributed by atoms with Crippen molar-refractivity contribution in [3.63, 3.8) is 0 Å². The van der Waals surface area contributed by atoms with E-state index in [0.29, 0.717) is 12.8 Å². The average molecular weight is 312 g/mol. The van der Waals surface area contributed by atoms with Crippen molar-refractivity contribution in [3.05, 3.63) is 23.8 Å². The number of hydrogen-bond acceptors (Lipinski definition) is 4. The summed E-state index contributed by atoms with van der Waals surface area (Å²) in [6.45, 7) is 6.05. The molecular weight excluding hydrogens is 284 g/mol. The Morgan fingerprint density at radius 2 is 2.23 bits per heavy atom. The molecule has 0 radical (unpaired) electrons. The second-order valence-electron chi connectivity index (χ2n) is 5.94. The summed E-state index contributed by atoms with van der Waals surface area (Å²) < 4.78 is 5.52. The number of allylic oxidation sites excluding steroid dienone is 4. The van der Waals surface area contributed by atoms with Crippen molar-refractivity contribution in [3.8, 4) is 0 Å². The van der Waals surface area contributed by atoms with E-state index >= 15 is 0 Å². The van der Waals surface area contributed by atoms with Gasteiger partial charge in [-0.05, 0) is 32.6 Å². The van der Waals surface area contributed by atoms with E-state index in [4.69, 9.17) is 19.6 Å². The minimum absolute atomic E-state index is 0.0493. The van der Waals surface area contributed by atoms with Gasteiger partial charge in [-0.25, -0.2) is 9.78 Å². The number of methoxy groups -OCH3 is 1. The highest BCUT2D eigenvalue weighted by atomic mass is 17.2. The number of carbonyl (C=O) groups is 1. The standard InChI is InChI=1S/C17H28O5/c1-5-13(2)9-7-6-8-10-17(20-4)12-14(3)15(21-22-17)11-16(18)19/h5,7,9,14-15H,6,8,10-12H2,1-4H3,(H,18,19)/b9-7+,13-5+. The molecule has 3 unspecified atom stereocenters. The predicted molar refractivity (Wildman–Crippen MR) is 84.2 cm³/mol. The van der Waals surface area contributed by atoms with Gasteiger partial charge in [0.25, 0.3) is 0 Å². The Balaban J connectivity index is 2.46. The van der Waals surface area contributed by atoms with Crippen LogP contribution in [0.15, 0.2) is 23.8 Å². The Morgan fingerprint density at radius 1 is 1.50 bits per heavy atom. The normalized spacial score (nSPS) is 29.9. The summed E-state index contributed by atoms with van der Waals surface area (Å²) in [4.78, 5) is 21.5. The van der Waals surface area contributed by atoms with Crippen molar-refractivity contribution in [2.75, 3.05) is 7.11 Å². The summed E-state index contributed by atoms with van der Waals surface area (Å²) >= 11 is 0. The molecule has 0 aliphatic carbocycles. The molecule has 5 heteroatoms. The van der Waals surface area contributed by atoms with Gasteiger partial charge in [-0.15, -0.1) is 0 Å². The molecule has 1 aliphatic heterocycles. The highest BCUT2D eigenvalue weighted by Crippen LogP contribution is 2.36. The highest BCUT2D eigenvalue weighted by Gasteiger charge is 2.42. The zero-order valence-corrected chi connectivity index (χ0v) is 14.0. The molecular formula is C17H28O5. The van der Waals surface area contributed by atoms with Gasteiger partial charge < -0.3 is 9.84 Å². The molecule has 22 heavy (non-hydrogen) atoms. The molecule has 1 fully saturated rings. The molecule has 0 spiro atoms. The van der Waals surface area contributed by atoms with E-state index in [2.05, 4.69) is 25.2 Å². The lowest BCUT2D eigenvalue weighted by molar-refractivity contribution is -0.475. The Morgan fingerprint density at radius 3 is 2.77 bits per heavy atom. The van der Waals surface area contributed by atoms with E-state index in [9.17, 15) is 4.79 Å². The van der Waals surface area contributed by atoms with Crippen LogP contribution >= 0.6 is 0 Å². The number of unbranched alkanes of at least 4 members (excludes halogenated alkanes) is 1. The van der Waals surface area contributed by atoms with Gasteiger partial charge in [0.05, 0.1) is 6.42 Å². The molecule has 1 saturated heterocycles. The summed E-state index contributed by atoms with van der Waals surface area (Å²) in [7, 11) is 1.60. The molecule has 5 nitrogen and oxygen atoms in total. The topological polar surface area (TPSA) is 65.0 Å². The van der Waals surface area contributed by atoms with Crippen LogP contribution in [0.3, 0.4) is 0 Å². The summed E-state index contributed by atoms with van der Waals surface area (Å²) in [5, 5.41) is 8.86. The summed E-state index contributed by atoms with van der Waals surface area (Å²) in [5.41, 5.74) is 1.24. The Kier molecular flexibility index (Phi) is 7.79. The number of hydrogen-bond donors (Lipinski definition) is 1. The predicted octanol–water partition coefficient (Wildman–Crippen LogP) is 3.85. The summed E-state index contributed by atoms with van der Waals surface area (Å²) in [5.74, 6) is -1.57. The number of rotatable bonds is 8. The number of carboxylic acid groups (broad SMARTS) is 1. The van der Waals surface area contributed by atoms with Crippen LogP contribution in [0.5, 0.6) is 0 Å². The van der Waals surface area contributed by atoms with Crippen molar-refractivity contribution in [1.82, 2.24) is 0 Å². The molecule has 1 heterocycles. The van der Waals surface area contributed by atoms with Crippen LogP contribution in [-0.2, 0) is 19.3 Å². The van der Waals surface area contributed by atoms with Crippen LogP contribution in [0, 0.1) is 5.92 Å². The second-order valence-corrected chi connectivity index (χ2v) is 5.94. The van der Waals surface area contributed by atoms with Crippen molar-refractivity contribution in [2.45, 2.75) is 64.8 Å². The Hall–Kier alpha value is -1.17. The van der Waals surface area contributed by atoms with Crippen molar-refractivity contribution in [2.24, 2.45) is 5.92 Å². The van der Waals surface area contributed by atoms with Gasteiger partial charge in [-0.1, -0.05) is 30.7 Å². The van der Waals surface area contributed by atoms with Gasteiger partial charge in [0.1, 0.15) is 6.10 Å². The van der Waals surface area contributed by atoms with E-state index in [0.717, 1.165) is 12.8 Å². The summed E-state index contributed by atoms with van der Waals surface area (Å²) in [6.07, 6.45) is 9.04. The summed E-state index contributed by atoms with van der Waals surface area (Å²) in [6, 6.07) is 0. The van der Waals surface area contributed by atoms with Crippen LogP contribution in [0.2, 0.25) is 0 Å². The molecule has 1 aliphatic rings. The Labute approximate surface area is 132 Å².